The summed E-state index contributed by atoms with van der Waals surface area (Å²) in [6, 6.07) is 1.60. The van der Waals surface area contributed by atoms with Gasteiger partial charge < -0.3 is 4.98 Å². The minimum atomic E-state index is -0.128. The van der Waals surface area contributed by atoms with Gasteiger partial charge in [0, 0.05) is 5.92 Å². The maximum Gasteiger partial charge on any atom is 0.259 e. The van der Waals surface area contributed by atoms with E-state index in [-0.39, 0.29) is 5.56 Å². The Morgan fingerprint density at radius 1 is 1.50 bits per heavy atom. The summed E-state index contributed by atoms with van der Waals surface area (Å²) in [6.07, 6.45) is 4.16. The summed E-state index contributed by atoms with van der Waals surface area (Å²) in [5.74, 6) is 1.18. The number of rotatable bonds is 2. The van der Waals surface area contributed by atoms with Crippen molar-refractivity contribution in [3.63, 3.8) is 0 Å². The van der Waals surface area contributed by atoms with Gasteiger partial charge in [-0.05, 0) is 18.9 Å². The largest absolute Gasteiger partial charge is 0.310 e. The summed E-state index contributed by atoms with van der Waals surface area (Å²) in [6.45, 7) is 0. The number of aromatic nitrogens is 2. The summed E-state index contributed by atoms with van der Waals surface area (Å²) in [4.78, 5) is 30.9. The lowest BCUT2D eigenvalue weighted by Gasteiger charge is -2.23. The second-order valence-corrected chi connectivity index (χ2v) is 5.13. The molecule has 1 saturated carbocycles. The van der Waals surface area contributed by atoms with Crippen LogP contribution in [-0.2, 0) is 0 Å². The molecule has 1 N–H and O–H groups in total. The van der Waals surface area contributed by atoms with Gasteiger partial charge in [-0.1, -0.05) is 6.42 Å². The van der Waals surface area contributed by atoms with Gasteiger partial charge in [0.15, 0.2) is 6.29 Å². The Balaban J connectivity index is 2.20. The fourth-order valence-electron chi connectivity index (χ4n) is 1.90. The van der Waals surface area contributed by atoms with Crippen LogP contribution in [0.3, 0.4) is 0 Å². The second-order valence-electron chi connectivity index (χ2n) is 4.06. The van der Waals surface area contributed by atoms with Gasteiger partial charge in [0.2, 0.25) is 0 Å². The van der Waals surface area contributed by atoms with Gasteiger partial charge in [-0.15, -0.1) is 11.3 Å². The molecule has 1 aliphatic carbocycles. The van der Waals surface area contributed by atoms with Crippen LogP contribution in [0.25, 0.3) is 10.2 Å². The molecule has 0 spiro atoms. The van der Waals surface area contributed by atoms with Crippen molar-refractivity contribution in [2.45, 2.75) is 25.2 Å². The van der Waals surface area contributed by atoms with Gasteiger partial charge in [0.05, 0.1) is 10.3 Å². The van der Waals surface area contributed by atoms with E-state index < -0.39 is 0 Å². The lowest BCUT2D eigenvalue weighted by Crippen LogP contribution is -2.18. The summed E-state index contributed by atoms with van der Waals surface area (Å²) < 4.78 is 0. The minimum absolute atomic E-state index is 0.128. The van der Waals surface area contributed by atoms with Crippen LogP contribution in [0.5, 0.6) is 0 Å². The molecule has 2 aromatic rings. The van der Waals surface area contributed by atoms with E-state index in [9.17, 15) is 9.59 Å². The summed E-state index contributed by atoms with van der Waals surface area (Å²) >= 11 is 1.28. The van der Waals surface area contributed by atoms with E-state index in [0.717, 1.165) is 25.0 Å². The van der Waals surface area contributed by atoms with Crippen molar-refractivity contribution in [2.75, 3.05) is 0 Å². The Morgan fingerprint density at radius 2 is 2.31 bits per heavy atom. The Hall–Kier alpha value is -1.49. The summed E-state index contributed by atoms with van der Waals surface area (Å²) in [5.41, 5.74) is -0.128. The number of nitrogens with zero attached hydrogens (tertiary/aromatic N) is 1. The molecule has 0 amide bonds. The standard InChI is InChI=1S/C11H10N2O2S/c14-5-7-4-8-10(15)12-9(6-2-1-3-6)13-11(8)16-7/h4-6H,1-3H2,(H,12,13,15). The zero-order chi connectivity index (χ0) is 11.1. The van der Waals surface area contributed by atoms with Crippen LogP contribution in [0.15, 0.2) is 10.9 Å². The predicted molar refractivity (Wildman–Crippen MR) is 62.2 cm³/mol. The fourth-order valence-corrected chi connectivity index (χ4v) is 2.75. The van der Waals surface area contributed by atoms with Crippen molar-refractivity contribution >= 4 is 27.8 Å². The third kappa shape index (κ3) is 1.39. The Morgan fingerprint density at radius 3 is 2.94 bits per heavy atom. The minimum Gasteiger partial charge on any atom is -0.310 e. The van der Waals surface area contributed by atoms with Crippen molar-refractivity contribution in [3.05, 3.63) is 27.1 Å². The molecule has 1 aliphatic rings. The van der Waals surface area contributed by atoms with E-state index >= 15 is 0 Å². The molecule has 0 atom stereocenters. The number of aldehydes is 1. The van der Waals surface area contributed by atoms with Gasteiger partial charge in [-0.3, -0.25) is 9.59 Å². The first-order chi connectivity index (χ1) is 7.78. The molecule has 0 radical (unpaired) electrons. The maximum atomic E-state index is 11.8. The topological polar surface area (TPSA) is 62.8 Å². The Labute approximate surface area is 95.3 Å². The number of nitrogens with one attached hydrogen (secondary N) is 1. The van der Waals surface area contributed by atoms with E-state index in [2.05, 4.69) is 9.97 Å². The number of aromatic amines is 1. The van der Waals surface area contributed by atoms with Crippen LogP contribution < -0.4 is 5.56 Å². The first-order valence-corrected chi connectivity index (χ1v) is 6.08. The third-order valence-electron chi connectivity index (χ3n) is 3.05. The van der Waals surface area contributed by atoms with Gasteiger partial charge >= 0.3 is 0 Å². The zero-order valence-electron chi connectivity index (χ0n) is 8.53. The van der Waals surface area contributed by atoms with Crippen molar-refractivity contribution < 1.29 is 4.79 Å². The van der Waals surface area contributed by atoms with Crippen molar-refractivity contribution in [3.8, 4) is 0 Å². The van der Waals surface area contributed by atoms with Crippen LogP contribution in [0.4, 0.5) is 0 Å². The van der Waals surface area contributed by atoms with E-state index in [1.165, 1.54) is 17.8 Å². The number of carbonyl (C=O) groups excluding carboxylic acids is 1. The number of thiophene rings is 1. The average molecular weight is 234 g/mol. The highest BCUT2D eigenvalue weighted by molar-refractivity contribution is 7.20. The fraction of sp³-hybridized carbons (Fsp3) is 0.364. The Kier molecular flexibility index (Phi) is 2.14. The average Bonchev–Trinajstić information content (AvgIpc) is 2.58. The quantitative estimate of drug-likeness (QED) is 0.809. The zero-order valence-corrected chi connectivity index (χ0v) is 9.34. The van der Waals surface area contributed by atoms with Crippen molar-refractivity contribution in [1.29, 1.82) is 0 Å². The van der Waals surface area contributed by atoms with E-state index in [1.807, 2.05) is 0 Å². The normalized spacial score (nSPS) is 16.2. The first-order valence-electron chi connectivity index (χ1n) is 5.27. The number of fused-ring (bicyclic) bond motifs is 1. The van der Waals surface area contributed by atoms with Crippen LogP contribution in [0.1, 0.15) is 40.7 Å². The molecule has 0 bridgehead atoms. The molecule has 4 nitrogen and oxygen atoms in total. The van der Waals surface area contributed by atoms with Gasteiger partial charge in [0.1, 0.15) is 10.7 Å². The SMILES string of the molecule is O=Cc1cc2c(=O)[nH]c(C3CCC3)nc2s1. The monoisotopic (exact) mass is 234 g/mol. The number of H-pyrrole nitrogens is 1. The highest BCUT2D eigenvalue weighted by Crippen LogP contribution is 2.34. The lowest BCUT2D eigenvalue weighted by atomic mass is 9.85. The van der Waals surface area contributed by atoms with E-state index in [1.54, 1.807) is 6.07 Å². The summed E-state index contributed by atoms with van der Waals surface area (Å²) in [7, 11) is 0. The molecule has 2 heterocycles. The molecule has 0 aromatic carbocycles. The maximum absolute atomic E-state index is 11.8. The highest BCUT2D eigenvalue weighted by atomic mass is 32.1. The van der Waals surface area contributed by atoms with Gasteiger partial charge in [0.25, 0.3) is 5.56 Å². The predicted octanol–water partition coefficient (Wildman–Crippen LogP) is 2.06. The third-order valence-corrected chi connectivity index (χ3v) is 4.00. The van der Waals surface area contributed by atoms with E-state index in [4.69, 9.17) is 0 Å². The number of hydrogen-bond donors (Lipinski definition) is 1. The molecule has 0 saturated heterocycles. The van der Waals surface area contributed by atoms with Crippen LogP contribution in [-0.4, -0.2) is 16.3 Å². The van der Waals surface area contributed by atoms with Crippen LogP contribution >= 0.6 is 11.3 Å². The molecule has 16 heavy (non-hydrogen) atoms. The molecule has 0 aliphatic heterocycles. The molecule has 2 aromatic heterocycles. The molecule has 1 fully saturated rings. The van der Waals surface area contributed by atoms with Crippen LogP contribution in [0.2, 0.25) is 0 Å². The molecule has 0 unspecified atom stereocenters. The van der Waals surface area contributed by atoms with Crippen LogP contribution in [0, 0.1) is 0 Å². The molecular formula is C11H10N2O2S. The number of carbonyl (C=O) groups is 1. The summed E-state index contributed by atoms with van der Waals surface area (Å²) in [5, 5.41) is 0.523. The smallest absolute Gasteiger partial charge is 0.259 e. The van der Waals surface area contributed by atoms with Crippen molar-refractivity contribution in [1.82, 2.24) is 9.97 Å². The molecule has 5 heteroatoms. The highest BCUT2D eigenvalue weighted by Gasteiger charge is 2.22. The van der Waals surface area contributed by atoms with E-state index in [0.29, 0.717) is 21.0 Å². The first kappa shape index (κ1) is 9.72. The molecule has 3 rings (SSSR count). The lowest BCUT2D eigenvalue weighted by molar-refractivity contribution is 0.112. The molecular weight excluding hydrogens is 224 g/mol. The van der Waals surface area contributed by atoms with Gasteiger partial charge in [-0.25, -0.2) is 4.98 Å². The Bertz CT molecular complexity index is 610. The number of hydrogen-bond acceptors (Lipinski definition) is 4. The second kappa shape index (κ2) is 3.52. The van der Waals surface area contributed by atoms with Gasteiger partial charge in [-0.2, -0.15) is 0 Å². The van der Waals surface area contributed by atoms with Crippen molar-refractivity contribution in [2.24, 2.45) is 0 Å². The molecule has 82 valence electrons.